The van der Waals surface area contributed by atoms with E-state index in [1.54, 1.807) is 16.2 Å². The number of ether oxygens (including phenoxy) is 2. The highest BCUT2D eigenvalue weighted by molar-refractivity contribution is 7.13. The van der Waals surface area contributed by atoms with Gasteiger partial charge in [0.05, 0.1) is 17.2 Å². The van der Waals surface area contributed by atoms with Crippen molar-refractivity contribution in [1.82, 2.24) is 4.98 Å². The van der Waals surface area contributed by atoms with Crippen molar-refractivity contribution in [2.24, 2.45) is 0 Å². The maximum absolute atomic E-state index is 13.3. The standard InChI is InChI=1S/C19H18N2O3S2/c1-12-18(26-13(2)20-12)19(22)21(11-15-4-3-9-25-15)14-5-6-16-17(10-14)24-8-7-23-16/h3-6,9-10H,7-8,11H2,1-2H3. The lowest BCUT2D eigenvalue weighted by molar-refractivity contribution is 0.0988. The number of amides is 1. The van der Waals surface area contributed by atoms with Gasteiger partial charge in [0.1, 0.15) is 18.1 Å². The first-order valence-corrected chi connectivity index (χ1v) is 9.99. The molecule has 26 heavy (non-hydrogen) atoms. The van der Waals surface area contributed by atoms with Crippen LogP contribution in [0.1, 0.15) is 25.3 Å². The van der Waals surface area contributed by atoms with Crippen molar-refractivity contribution in [1.29, 1.82) is 0 Å². The van der Waals surface area contributed by atoms with Crippen LogP contribution in [0.3, 0.4) is 0 Å². The fourth-order valence-corrected chi connectivity index (χ4v) is 4.45. The van der Waals surface area contributed by atoms with Crippen LogP contribution in [0.15, 0.2) is 35.7 Å². The van der Waals surface area contributed by atoms with Crippen LogP contribution in [-0.4, -0.2) is 24.1 Å². The molecule has 0 N–H and O–H groups in total. The molecule has 1 aromatic carbocycles. The Morgan fingerprint density at radius 1 is 1.19 bits per heavy atom. The number of anilines is 1. The molecule has 5 nitrogen and oxygen atoms in total. The topological polar surface area (TPSA) is 51.7 Å². The van der Waals surface area contributed by atoms with Crippen molar-refractivity contribution < 1.29 is 14.3 Å². The van der Waals surface area contributed by atoms with E-state index in [1.165, 1.54) is 11.3 Å². The molecule has 0 bridgehead atoms. The number of hydrogen-bond donors (Lipinski definition) is 0. The summed E-state index contributed by atoms with van der Waals surface area (Å²) in [6.45, 7) is 5.37. The predicted molar refractivity (Wildman–Crippen MR) is 104 cm³/mol. The molecular weight excluding hydrogens is 368 g/mol. The van der Waals surface area contributed by atoms with Crippen molar-refractivity contribution in [3.63, 3.8) is 0 Å². The summed E-state index contributed by atoms with van der Waals surface area (Å²) in [6.07, 6.45) is 0. The van der Waals surface area contributed by atoms with Crippen LogP contribution >= 0.6 is 22.7 Å². The maximum Gasteiger partial charge on any atom is 0.270 e. The van der Waals surface area contributed by atoms with E-state index in [2.05, 4.69) is 4.98 Å². The molecule has 1 amide bonds. The van der Waals surface area contributed by atoms with Crippen LogP contribution in [0.25, 0.3) is 0 Å². The Kier molecular flexibility index (Phi) is 4.65. The quantitative estimate of drug-likeness (QED) is 0.665. The second-order valence-corrected chi connectivity index (χ2v) is 8.18. The van der Waals surface area contributed by atoms with E-state index in [0.717, 1.165) is 21.3 Å². The molecule has 134 valence electrons. The Morgan fingerprint density at radius 2 is 2.00 bits per heavy atom. The Hall–Kier alpha value is -2.38. The van der Waals surface area contributed by atoms with Crippen LogP contribution in [-0.2, 0) is 6.54 Å². The molecule has 0 spiro atoms. The minimum absolute atomic E-state index is 0.0434. The van der Waals surface area contributed by atoms with Gasteiger partial charge in [0.2, 0.25) is 0 Å². The second kappa shape index (κ2) is 7.09. The predicted octanol–water partition coefficient (Wildman–Crippen LogP) is 4.44. The zero-order chi connectivity index (χ0) is 18.1. The van der Waals surface area contributed by atoms with Crippen LogP contribution in [0.5, 0.6) is 11.5 Å². The summed E-state index contributed by atoms with van der Waals surface area (Å²) < 4.78 is 11.3. The van der Waals surface area contributed by atoms with Gasteiger partial charge in [-0.2, -0.15) is 0 Å². The van der Waals surface area contributed by atoms with Crippen LogP contribution < -0.4 is 14.4 Å². The lowest BCUT2D eigenvalue weighted by atomic mass is 10.2. The summed E-state index contributed by atoms with van der Waals surface area (Å²) in [6, 6.07) is 9.68. The van der Waals surface area contributed by atoms with Gasteiger partial charge < -0.3 is 14.4 Å². The molecule has 7 heteroatoms. The molecule has 0 saturated carbocycles. The number of rotatable bonds is 4. The number of carbonyl (C=O) groups is 1. The Labute approximate surface area is 159 Å². The highest BCUT2D eigenvalue weighted by Gasteiger charge is 2.24. The van der Waals surface area contributed by atoms with Gasteiger partial charge in [-0.3, -0.25) is 4.79 Å². The Bertz CT molecular complexity index is 934. The molecule has 4 rings (SSSR count). The van der Waals surface area contributed by atoms with Crippen molar-refractivity contribution in [2.45, 2.75) is 20.4 Å². The summed E-state index contributed by atoms with van der Waals surface area (Å²) in [5.74, 6) is 1.35. The van der Waals surface area contributed by atoms with Crippen LogP contribution in [0.4, 0.5) is 5.69 Å². The van der Waals surface area contributed by atoms with Gasteiger partial charge in [-0.15, -0.1) is 22.7 Å². The van der Waals surface area contributed by atoms with Crippen LogP contribution in [0.2, 0.25) is 0 Å². The van der Waals surface area contributed by atoms with E-state index in [4.69, 9.17) is 9.47 Å². The van der Waals surface area contributed by atoms with Crippen LogP contribution in [0, 0.1) is 13.8 Å². The van der Waals surface area contributed by atoms with Crippen molar-refractivity contribution in [2.75, 3.05) is 18.1 Å². The average molecular weight is 386 g/mol. The number of fused-ring (bicyclic) bond motifs is 1. The van der Waals surface area contributed by atoms with Gasteiger partial charge in [-0.05, 0) is 37.4 Å². The minimum Gasteiger partial charge on any atom is -0.486 e. The molecule has 0 radical (unpaired) electrons. The van der Waals surface area contributed by atoms with Gasteiger partial charge in [0.15, 0.2) is 11.5 Å². The van der Waals surface area contributed by atoms with Gasteiger partial charge >= 0.3 is 0 Å². The summed E-state index contributed by atoms with van der Waals surface area (Å²) in [7, 11) is 0. The molecule has 3 aromatic rings. The zero-order valence-corrected chi connectivity index (χ0v) is 16.2. The SMILES string of the molecule is Cc1nc(C)c(C(=O)N(Cc2cccs2)c2ccc3c(c2)OCCO3)s1. The average Bonchev–Trinajstić information content (AvgIpc) is 3.28. The lowest BCUT2D eigenvalue weighted by Crippen LogP contribution is -2.30. The van der Waals surface area contributed by atoms with E-state index in [1.807, 2.05) is 49.6 Å². The monoisotopic (exact) mass is 386 g/mol. The number of thiophene rings is 1. The summed E-state index contributed by atoms with van der Waals surface area (Å²) >= 11 is 3.07. The van der Waals surface area contributed by atoms with E-state index in [-0.39, 0.29) is 5.91 Å². The van der Waals surface area contributed by atoms with Crippen molar-refractivity contribution >= 4 is 34.3 Å². The molecule has 3 heterocycles. The number of carbonyl (C=O) groups excluding carboxylic acids is 1. The molecule has 0 atom stereocenters. The normalized spacial score (nSPS) is 12.8. The Balaban J connectivity index is 1.73. The van der Waals surface area contributed by atoms with Crippen molar-refractivity contribution in [3.05, 3.63) is 56.2 Å². The molecular formula is C19H18N2O3S2. The van der Waals surface area contributed by atoms with Gasteiger partial charge in [-0.1, -0.05) is 6.07 Å². The number of thiazole rings is 1. The number of hydrogen-bond acceptors (Lipinski definition) is 6. The largest absolute Gasteiger partial charge is 0.486 e. The third-order valence-electron chi connectivity index (χ3n) is 4.07. The number of benzene rings is 1. The van der Waals surface area contributed by atoms with E-state index < -0.39 is 0 Å². The maximum atomic E-state index is 13.3. The molecule has 1 aliphatic heterocycles. The first kappa shape index (κ1) is 17.1. The fourth-order valence-electron chi connectivity index (χ4n) is 2.89. The molecule has 0 aliphatic carbocycles. The third-order valence-corrected chi connectivity index (χ3v) is 6.00. The highest BCUT2D eigenvalue weighted by atomic mass is 32.1. The van der Waals surface area contributed by atoms with Gasteiger partial charge in [0.25, 0.3) is 5.91 Å². The van der Waals surface area contributed by atoms with Gasteiger partial charge in [-0.25, -0.2) is 4.98 Å². The van der Waals surface area contributed by atoms with E-state index in [9.17, 15) is 4.79 Å². The number of nitrogens with zero attached hydrogens (tertiary/aromatic N) is 2. The Morgan fingerprint density at radius 3 is 2.69 bits per heavy atom. The number of aryl methyl sites for hydroxylation is 2. The fraction of sp³-hybridized carbons (Fsp3) is 0.263. The van der Waals surface area contributed by atoms with E-state index >= 15 is 0 Å². The molecule has 0 unspecified atom stereocenters. The first-order valence-electron chi connectivity index (χ1n) is 8.30. The second-order valence-electron chi connectivity index (χ2n) is 5.95. The highest BCUT2D eigenvalue weighted by Crippen LogP contribution is 2.35. The summed E-state index contributed by atoms with van der Waals surface area (Å²) in [5, 5.41) is 2.91. The zero-order valence-electron chi connectivity index (χ0n) is 14.5. The first-order chi connectivity index (χ1) is 12.6. The van der Waals surface area contributed by atoms with E-state index in [0.29, 0.717) is 36.1 Å². The summed E-state index contributed by atoms with van der Waals surface area (Å²) in [5.41, 5.74) is 1.56. The lowest BCUT2D eigenvalue weighted by Gasteiger charge is -2.25. The summed E-state index contributed by atoms with van der Waals surface area (Å²) in [4.78, 5) is 21.3. The number of aromatic nitrogens is 1. The molecule has 0 saturated heterocycles. The van der Waals surface area contributed by atoms with Gasteiger partial charge in [0, 0.05) is 16.6 Å². The van der Waals surface area contributed by atoms with Crippen molar-refractivity contribution in [3.8, 4) is 11.5 Å². The minimum atomic E-state index is -0.0434. The molecule has 0 fully saturated rings. The smallest absolute Gasteiger partial charge is 0.270 e. The molecule has 2 aromatic heterocycles. The molecule has 1 aliphatic rings. The third kappa shape index (κ3) is 3.32.